The molecule has 1 aromatic rings. The van der Waals surface area contributed by atoms with E-state index in [1.54, 1.807) is 0 Å². The summed E-state index contributed by atoms with van der Waals surface area (Å²) >= 11 is 0. The summed E-state index contributed by atoms with van der Waals surface area (Å²) in [4.78, 5) is 4.47. The van der Waals surface area contributed by atoms with Crippen LogP contribution in [0.2, 0.25) is 0 Å². The maximum atomic E-state index is 8.94. The number of nitriles is 1. The number of ether oxygens (including phenoxy) is 1. The Kier molecular flexibility index (Phi) is 6.16. The molecule has 0 radical (unpaired) electrons. The van der Waals surface area contributed by atoms with Gasteiger partial charge in [0.15, 0.2) is 6.10 Å². The summed E-state index contributed by atoms with van der Waals surface area (Å²) in [6.45, 7) is 7.63. The van der Waals surface area contributed by atoms with Crippen LogP contribution in [0.15, 0.2) is 12.1 Å². The fourth-order valence-corrected chi connectivity index (χ4v) is 1.57. The van der Waals surface area contributed by atoms with E-state index in [1.807, 2.05) is 26.0 Å². The molecule has 0 bridgehead atoms. The summed E-state index contributed by atoms with van der Waals surface area (Å²) in [5.41, 5.74) is 1.83. The quantitative estimate of drug-likeness (QED) is 0.752. The first-order chi connectivity index (χ1) is 8.71. The first-order valence-electron chi connectivity index (χ1n) is 6.44. The monoisotopic (exact) mass is 247 g/mol. The number of hydrogen-bond acceptors (Lipinski definition) is 4. The molecule has 0 spiro atoms. The second kappa shape index (κ2) is 7.67. The van der Waals surface area contributed by atoms with Crippen LogP contribution in [0.4, 0.5) is 0 Å². The van der Waals surface area contributed by atoms with Crippen LogP contribution in [0.25, 0.3) is 0 Å². The Bertz CT molecular complexity index is 412. The third-order valence-electron chi connectivity index (χ3n) is 2.57. The Morgan fingerprint density at radius 2 is 2.22 bits per heavy atom. The summed E-state index contributed by atoms with van der Waals surface area (Å²) in [5.74, 6) is 0.706. The van der Waals surface area contributed by atoms with Crippen LogP contribution in [-0.4, -0.2) is 17.6 Å². The number of nitrogens with zero attached hydrogens (tertiary/aromatic N) is 2. The summed E-state index contributed by atoms with van der Waals surface area (Å²) in [7, 11) is 0. The highest BCUT2D eigenvalue weighted by molar-refractivity contribution is 5.30. The highest BCUT2D eigenvalue weighted by Gasteiger charge is 2.11. The average Bonchev–Trinajstić information content (AvgIpc) is 2.38. The van der Waals surface area contributed by atoms with E-state index in [-0.39, 0.29) is 0 Å². The first kappa shape index (κ1) is 14.5. The van der Waals surface area contributed by atoms with Gasteiger partial charge in [-0.15, -0.1) is 0 Å². The molecule has 1 rings (SSSR count). The van der Waals surface area contributed by atoms with Gasteiger partial charge in [-0.1, -0.05) is 13.8 Å². The minimum absolute atomic E-state index is 0.403. The van der Waals surface area contributed by atoms with Crippen molar-refractivity contribution in [2.24, 2.45) is 0 Å². The van der Waals surface area contributed by atoms with E-state index in [1.165, 1.54) is 0 Å². The van der Waals surface area contributed by atoms with Crippen LogP contribution in [0.5, 0.6) is 5.75 Å². The summed E-state index contributed by atoms with van der Waals surface area (Å²) in [6, 6.07) is 5.94. The van der Waals surface area contributed by atoms with Crippen molar-refractivity contribution in [2.45, 2.75) is 46.3 Å². The number of nitrogens with one attached hydrogen (secondary N) is 1. The molecule has 0 saturated heterocycles. The maximum Gasteiger partial charge on any atom is 0.184 e. The lowest BCUT2D eigenvalue weighted by atomic mass is 10.2. The van der Waals surface area contributed by atoms with Crippen LogP contribution in [-0.2, 0) is 6.54 Å². The Morgan fingerprint density at radius 3 is 2.83 bits per heavy atom. The van der Waals surface area contributed by atoms with Gasteiger partial charge in [0.2, 0.25) is 0 Å². The Hall–Kier alpha value is -1.60. The lowest BCUT2D eigenvalue weighted by Gasteiger charge is -2.14. The number of rotatable bonds is 7. The van der Waals surface area contributed by atoms with E-state index in [0.717, 1.165) is 24.4 Å². The Labute approximate surface area is 109 Å². The molecule has 18 heavy (non-hydrogen) atoms. The number of aromatic nitrogens is 1. The van der Waals surface area contributed by atoms with E-state index < -0.39 is 6.10 Å². The van der Waals surface area contributed by atoms with Gasteiger partial charge in [0, 0.05) is 12.2 Å². The van der Waals surface area contributed by atoms with Crippen molar-refractivity contribution in [1.82, 2.24) is 10.3 Å². The van der Waals surface area contributed by atoms with E-state index in [9.17, 15) is 0 Å². The van der Waals surface area contributed by atoms with Crippen molar-refractivity contribution in [1.29, 1.82) is 5.26 Å². The van der Waals surface area contributed by atoms with Gasteiger partial charge in [-0.05, 0) is 38.4 Å². The molecule has 0 aliphatic carbocycles. The first-order valence-corrected chi connectivity index (χ1v) is 6.44. The average molecular weight is 247 g/mol. The Morgan fingerprint density at radius 1 is 1.44 bits per heavy atom. The molecular formula is C14H21N3O. The second-order valence-corrected chi connectivity index (χ2v) is 4.22. The predicted octanol–water partition coefficient (Wildman–Crippen LogP) is 2.57. The van der Waals surface area contributed by atoms with Gasteiger partial charge in [-0.2, -0.15) is 5.26 Å². The molecule has 0 fully saturated rings. The van der Waals surface area contributed by atoms with Crippen molar-refractivity contribution in [3.8, 4) is 11.8 Å². The largest absolute Gasteiger partial charge is 0.474 e. The molecule has 4 nitrogen and oxygen atoms in total. The minimum atomic E-state index is -0.403. The van der Waals surface area contributed by atoms with Crippen molar-refractivity contribution in [2.75, 3.05) is 6.54 Å². The van der Waals surface area contributed by atoms with Gasteiger partial charge < -0.3 is 10.1 Å². The van der Waals surface area contributed by atoms with Crippen molar-refractivity contribution in [3.05, 3.63) is 23.5 Å². The second-order valence-electron chi connectivity index (χ2n) is 4.22. The topological polar surface area (TPSA) is 57.9 Å². The highest BCUT2D eigenvalue weighted by Crippen LogP contribution is 2.19. The standard InChI is InChI=1S/C14H21N3O/c1-4-8-16-10-13-14(7-6-11(3)17-13)18-12(5-2)9-15/h6-7,12,16H,4-5,8,10H2,1-3H3. The normalized spacial score (nSPS) is 11.9. The molecule has 0 saturated carbocycles. The number of hydrogen-bond donors (Lipinski definition) is 1. The molecular weight excluding hydrogens is 226 g/mol. The molecule has 1 unspecified atom stereocenters. The minimum Gasteiger partial charge on any atom is -0.474 e. The molecule has 4 heteroatoms. The lowest BCUT2D eigenvalue weighted by molar-refractivity contribution is 0.247. The molecule has 98 valence electrons. The van der Waals surface area contributed by atoms with Crippen LogP contribution in [0, 0.1) is 18.3 Å². The van der Waals surface area contributed by atoms with Crippen molar-refractivity contribution >= 4 is 0 Å². The third kappa shape index (κ3) is 4.34. The van der Waals surface area contributed by atoms with Gasteiger partial charge in [0.1, 0.15) is 11.8 Å². The van der Waals surface area contributed by atoms with Crippen LogP contribution >= 0.6 is 0 Å². The van der Waals surface area contributed by atoms with Crippen molar-refractivity contribution in [3.63, 3.8) is 0 Å². The molecule has 1 heterocycles. The molecule has 0 aromatic carbocycles. The summed E-state index contributed by atoms with van der Waals surface area (Å²) in [5, 5.41) is 12.2. The van der Waals surface area contributed by atoms with Crippen molar-refractivity contribution < 1.29 is 4.74 Å². The molecule has 1 N–H and O–H groups in total. The van der Waals surface area contributed by atoms with Gasteiger partial charge in [-0.25, -0.2) is 0 Å². The summed E-state index contributed by atoms with van der Waals surface area (Å²) < 4.78 is 5.67. The van der Waals surface area contributed by atoms with E-state index in [4.69, 9.17) is 10.00 Å². The maximum absolute atomic E-state index is 8.94. The fourth-order valence-electron chi connectivity index (χ4n) is 1.57. The highest BCUT2D eigenvalue weighted by atomic mass is 16.5. The van der Waals surface area contributed by atoms with Crippen LogP contribution in [0.1, 0.15) is 38.1 Å². The number of pyridine rings is 1. The number of aryl methyl sites for hydroxylation is 1. The summed E-state index contributed by atoms with van der Waals surface area (Å²) in [6.07, 6.45) is 1.35. The molecule has 1 atom stereocenters. The zero-order chi connectivity index (χ0) is 13.4. The predicted molar refractivity (Wildman–Crippen MR) is 71.3 cm³/mol. The zero-order valence-electron chi connectivity index (χ0n) is 11.4. The van der Waals surface area contributed by atoms with E-state index in [2.05, 4.69) is 23.3 Å². The molecule has 0 aliphatic rings. The van der Waals surface area contributed by atoms with Gasteiger partial charge in [-0.3, -0.25) is 4.98 Å². The Balaban J connectivity index is 2.79. The van der Waals surface area contributed by atoms with E-state index in [0.29, 0.717) is 18.7 Å². The van der Waals surface area contributed by atoms with Gasteiger partial charge in [0.25, 0.3) is 0 Å². The SMILES string of the molecule is CCCNCc1nc(C)ccc1OC(C#N)CC. The van der Waals surface area contributed by atoms with Crippen LogP contribution < -0.4 is 10.1 Å². The molecule has 0 aliphatic heterocycles. The third-order valence-corrected chi connectivity index (χ3v) is 2.57. The van der Waals surface area contributed by atoms with Gasteiger partial charge >= 0.3 is 0 Å². The smallest absolute Gasteiger partial charge is 0.184 e. The fraction of sp³-hybridized carbons (Fsp3) is 0.571. The molecule has 0 amide bonds. The zero-order valence-corrected chi connectivity index (χ0v) is 11.4. The lowest BCUT2D eigenvalue weighted by Crippen LogP contribution is -2.18. The van der Waals surface area contributed by atoms with E-state index >= 15 is 0 Å². The van der Waals surface area contributed by atoms with Crippen LogP contribution in [0.3, 0.4) is 0 Å². The molecule has 1 aromatic heterocycles. The van der Waals surface area contributed by atoms with Gasteiger partial charge in [0.05, 0.1) is 5.69 Å².